The van der Waals surface area contributed by atoms with Gasteiger partial charge < -0.3 is 44.5 Å². The van der Waals surface area contributed by atoms with E-state index >= 15 is 0 Å². The fraction of sp³-hybridized carbons (Fsp3) is 0.240. The van der Waals surface area contributed by atoms with Crippen LogP contribution in [0.2, 0.25) is 0 Å². The van der Waals surface area contributed by atoms with Gasteiger partial charge in [-0.1, -0.05) is 18.2 Å². The average Bonchev–Trinajstić information content (AvgIpc) is 2.85. The highest BCUT2D eigenvalue weighted by atomic mass is 16.6. The van der Waals surface area contributed by atoms with Crippen LogP contribution < -0.4 is 18.9 Å². The highest BCUT2D eigenvalue weighted by molar-refractivity contribution is 6.05. The molecule has 0 amide bonds. The Labute approximate surface area is 199 Å². The van der Waals surface area contributed by atoms with Gasteiger partial charge in [0, 0.05) is 23.3 Å². The molecule has 3 aromatic rings. The molecule has 35 heavy (non-hydrogen) atoms. The number of ether oxygens (including phenoxy) is 4. The largest absolute Gasteiger partial charge is 0.508 e. The number of phenolic OH excluding ortho intramolecular Hbond substituents is 3. The molecule has 5 rings (SSSR count). The topological polar surface area (TPSA) is 155 Å². The molecule has 4 atom stereocenters. The van der Waals surface area contributed by atoms with Crippen LogP contribution in [0.5, 0.6) is 40.2 Å². The van der Waals surface area contributed by atoms with E-state index in [1.807, 2.05) is 0 Å². The van der Waals surface area contributed by atoms with Crippen molar-refractivity contribution in [1.82, 2.24) is 0 Å². The van der Waals surface area contributed by atoms with Crippen molar-refractivity contribution in [1.29, 1.82) is 0 Å². The molecule has 0 aromatic heterocycles. The van der Waals surface area contributed by atoms with E-state index < -0.39 is 35.9 Å². The van der Waals surface area contributed by atoms with Crippen LogP contribution in [0.1, 0.15) is 33.7 Å². The van der Waals surface area contributed by atoms with Crippen LogP contribution in [0.4, 0.5) is 0 Å². The number of aliphatic hydroxyl groups is 2. The molecule has 3 aromatic carbocycles. The lowest BCUT2D eigenvalue weighted by molar-refractivity contribution is -0.0179. The summed E-state index contributed by atoms with van der Waals surface area (Å²) in [7, 11) is 1.40. The normalized spacial score (nSPS) is 22.8. The molecule has 182 valence electrons. The van der Waals surface area contributed by atoms with E-state index in [0.717, 1.165) is 6.07 Å². The Morgan fingerprint density at radius 2 is 1.71 bits per heavy atom. The fourth-order valence-electron chi connectivity index (χ4n) is 4.34. The smallest absolute Gasteiger partial charge is 0.202 e. The minimum Gasteiger partial charge on any atom is -0.508 e. The molecule has 0 fully saturated rings. The predicted molar refractivity (Wildman–Crippen MR) is 119 cm³/mol. The molecule has 2 aliphatic rings. The van der Waals surface area contributed by atoms with Crippen molar-refractivity contribution >= 4 is 5.78 Å². The molecule has 10 nitrogen and oxygen atoms in total. The zero-order valence-electron chi connectivity index (χ0n) is 18.4. The van der Waals surface area contributed by atoms with Gasteiger partial charge in [0.15, 0.2) is 47.4 Å². The molecule has 2 aliphatic heterocycles. The number of para-hydroxylation sites is 1. The Balaban J connectivity index is 1.57. The highest BCUT2D eigenvalue weighted by Crippen LogP contribution is 2.49. The number of ketones is 1. The summed E-state index contributed by atoms with van der Waals surface area (Å²) in [6.45, 7) is -0.384. The van der Waals surface area contributed by atoms with Crippen molar-refractivity contribution in [2.75, 3.05) is 13.7 Å². The SMILES string of the molecule is COc1cc(C2Oc3c(cccc3[C@H]3Oc4cc(O)cc(O)c4C(=O)[C@@H]3O)OC2CO)ccc1O. The van der Waals surface area contributed by atoms with Crippen LogP contribution in [0.3, 0.4) is 0 Å². The van der Waals surface area contributed by atoms with E-state index in [1.165, 1.54) is 19.2 Å². The number of fused-ring (bicyclic) bond motifs is 2. The Morgan fingerprint density at radius 1 is 0.914 bits per heavy atom. The molecule has 0 saturated carbocycles. The number of hydrogen-bond donors (Lipinski definition) is 5. The summed E-state index contributed by atoms with van der Waals surface area (Å²) in [6, 6.07) is 11.5. The first-order valence-corrected chi connectivity index (χ1v) is 10.7. The van der Waals surface area contributed by atoms with E-state index in [0.29, 0.717) is 5.56 Å². The lowest BCUT2D eigenvalue weighted by atomic mass is 9.91. The number of Topliss-reactive ketones (excluding diaryl/α,β-unsaturated/α-hetero) is 1. The first-order chi connectivity index (χ1) is 16.8. The van der Waals surface area contributed by atoms with Crippen LogP contribution in [0.25, 0.3) is 0 Å². The van der Waals surface area contributed by atoms with Crippen LogP contribution in [-0.4, -0.2) is 57.2 Å². The zero-order chi connectivity index (χ0) is 24.9. The average molecular weight is 482 g/mol. The number of carbonyl (C=O) groups excluding carboxylic acids is 1. The molecule has 0 spiro atoms. The number of hydrogen-bond acceptors (Lipinski definition) is 10. The maximum absolute atomic E-state index is 12.9. The van der Waals surface area contributed by atoms with Crippen molar-refractivity contribution in [2.45, 2.75) is 24.4 Å². The van der Waals surface area contributed by atoms with Gasteiger partial charge in [-0.15, -0.1) is 0 Å². The summed E-state index contributed by atoms with van der Waals surface area (Å²) < 4.78 is 23.2. The number of aliphatic hydroxyl groups excluding tert-OH is 2. The summed E-state index contributed by atoms with van der Waals surface area (Å²) in [6.07, 6.45) is -4.56. The molecule has 2 heterocycles. The first kappa shape index (κ1) is 22.6. The lowest BCUT2D eigenvalue weighted by Gasteiger charge is -2.37. The van der Waals surface area contributed by atoms with E-state index in [1.54, 1.807) is 30.3 Å². The van der Waals surface area contributed by atoms with Crippen LogP contribution in [-0.2, 0) is 0 Å². The summed E-state index contributed by atoms with van der Waals surface area (Å²) in [5, 5.41) is 50.6. The van der Waals surface area contributed by atoms with Crippen LogP contribution >= 0.6 is 0 Å². The number of carbonyl (C=O) groups is 1. The van der Waals surface area contributed by atoms with Gasteiger partial charge in [-0.2, -0.15) is 0 Å². The Hall–Kier alpha value is -4.15. The summed E-state index contributed by atoms with van der Waals surface area (Å²) in [5.74, 6) is -1.13. The Morgan fingerprint density at radius 3 is 2.46 bits per heavy atom. The van der Waals surface area contributed by atoms with E-state index in [9.17, 15) is 30.3 Å². The number of aromatic hydroxyl groups is 3. The van der Waals surface area contributed by atoms with Gasteiger partial charge in [-0.3, -0.25) is 4.79 Å². The molecular formula is C25H22O10. The Kier molecular flexibility index (Phi) is 5.54. The number of rotatable bonds is 4. The second kappa shape index (κ2) is 8.57. The van der Waals surface area contributed by atoms with E-state index in [4.69, 9.17) is 18.9 Å². The molecular weight excluding hydrogens is 460 g/mol. The fourth-order valence-corrected chi connectivity index (χ4v) is 4.34. The summed E-state index contributed by atoms with van der Waals surface area (Å²) in [4.78, 5) is 12.9. The zero-order valence-corrected chi connectivity index (χ0v) is 18.4. The first-order valence-electron chi connectivity index (χ1n) is 10.7. The monoisotopic (exact) mass is 482 g/mol. The third-order valence-electron chi connectivity index (χ3n) is 6.01. The van der Waals surface area contributed by atoms with Crippen molar-refractivity contribution in [2.24, 2.45) is 0 Å². The molecule has 10 heteroatoms. The van der Waals surface area contributed by atoms with Crippen molar-refractivity contribution in [3.63, 3.8) is 0 Å². The molecule has 5 N–H and O–H groups in total. The van der Waals surface area contributed by atoms with Gasteiger partial charge in [-0.05, 0) is 18.2 Å². The minimum atomic E-state index is -1.68. The van der Waals surface area contributed by atoms with Gasteiger partial charge in [-0.25, -0.2) is 0 Å². The molecule has 0 aliphatic carbocycles. The van der Waals surface area contributed by atoms with Gasteiger partial charge >= 0.3 is 0 Å². The van der Waals surface area contributed by atoms with Crippen molar-refractivity contribution in [3.05, 3.63) is 65.2 Å². The van der Waals surface area contributed by atoms with Gasteiger partial charge in [0.05, 0.1) is 13.7 Å². The van der Waals surface area contributed by atoms with Gasteiger partial charge in [0.25, 0.3) is 0 Å². The molecule has 0 saturated heterocycles. The number of methoxy groups -OCH3 is 1. The molecule has 0 bridgehead atoms. The maximum atomic E-state index is 12.9. The number of phenols is 3. The Bertz CT molecular complexity index is 1300. The van der Waals surface area contributed by atoms with Crippen molar-refractivity contribution < 1.29 is 49.3 Å². The molecule has 0 radical (unpaired) electrons. The third-order valence-corrected chi connectivity index (χ3v) is 6.01. The highest BCUT2D eigenvalue weighted by Gasteiger charge is 2.43. The second-order valence-electron chi connectivity index (χ2n) is 8.17. The van der Waals surface area contributed by atoms with Gasteiger partial charge in [0.2, 0.25) is 5.78 Å². The predicted octanol–water partition coefficient (Wildman–Crippen LogP) is 2.36. The van der Waals surface area contributed by atoms with Crippen LogP contribution in [0.15, 0.2) is 48.5 Å². The second-order valence-corrected chi connectivity index (χ2v) is 8.17. The summed E-state index contributed by atoms with van der Waals surface area (Å²) in [5.41, 5.74) is 0.590. The summed E-state index contributed by atoms with van der Waals surface area (Å²) >= 11 is 0. The van der Waals surface area contributed by atoms with E-state index in [-0.39, 0.29) is 52.2 Å². The minimum absolute atomic E-state index is 0.0722. The maximum Gasteiger partial charge on any atom is 0.202 e. The standard InChI is InChI=1S/C25H22O10/c1-32-17-7-11(5-6-14(17)28)23-19(10-26)33-16-4-2-3-13(24(16)35-23)25-22(31)21(30)20-15(29)8-12(27)9-18(20)34-25/h2-9,19,22-23,25-29,31H,10H2,1H3/t19?,22-,23?,25+/m0/s1. The van der Waals surface area contributed by atoms with Gasteiger partial charge in [0.1, 0.15) is 22.8 Å². The third kappa shape index (κ3) is 3.72. The van der Waals surface area contributed by atoms with Crippen molar-refractivity contribution in [3.8, 4) is 40.2 Å². The lowest BCUT2D eigenvalue weighted by Crippen LogP contribution is -2.39. The number of benzene rings is 3. The van der Waals surface area contributed by atoms with Crippen LogP contribution in [0, 0.1) is 0 Å². The quantitative estimate of drug-likeness (QED) is 0.374. The van der Waals surface area contributed by atoms with E-state index in [2.05, 4.69) is 0 Å². The molecule has 2 unspecified atom stereocenters.